The summed E-state index contributed by atoms with van der Waals surface area (Å²) in [5.74, 6) is -2.71. The standard InChI is InChI=1S/C12H9FN2O4S/c1-15-10-6-3-2-4-8(13)11(6)20(18,19)5-7(10)9(14-15)12(16)17/h2-4H,5H2,1H3,(H,16,17). The highest BCUT2D eigenvalue weighted by Gasteiger charge is 2.36. The van der Waals surface area contributed by atoms with Crippen LogP contribution in [0.15, 0.2) is 23.1 Å². The van der Waals surface area contributed by atoms with Crippen molar-refractivity contribution in [3.05, 3.63) is 35.3 Å². The van der Waals surface area contributed by atoms with Gasteiger partial charge in [-0.15, -0.1) is 0 Å². The van der Waals surface area contributed by atoms with Crippen LogP contribution in [0.4, 0.5) is 4.39 Å². The van der Waals surface area contributed by atoms with E-state index >= 15 is 0 Å². The van der Waals surface area contributed by atoms with Crippen molar-refractivity contribution >= 4 is 15.8 Å². The maximum atomic E-state index is 13.8. The summed E-state index contributed by atoms with van der Waals surface area (Å²) in [7, 11) is -2.42. The zero-order valence-electron chi connectivity index (χ0n) is 10.3. The molecule has 104 valence electrons. The number of benzene rings is 1. The van der Waals surface area contributed by atoms with Crippen LogP contribution in [0.1, 0.15) is 16.1 Å². The van der Waals surface area contributed by atoms with E-state index in [0.29, 0.717) is 5.69 Å². The zero-order chi connectivity index (χ0) is 14.7. The topological polar surface area (TPSA) is 89.3 Å². The van der Waals surface area contributed by atoms with Gasteiger partial charge in [-0.05, 0) is 6.07 Å². The van der Waals surface area contributed by atoms with Crippen LogP contribution in [0.3, 0.4) is 0 Å². The number of fused-ring (bicyclic) bond motifs is 3. The predicted molar refractivity (Wildman–Crippen MR) is 66.5 cm³/mol. The van der Waals surface area contributed by atoms with E-state index < -0.39 is 32.3 Å². The number of hydrogen-bond acceptors (Lipinski definition) is 4. The minimum absolute atomic E-state index is 0.0955. The van der Waals surface area contributed by atoms with Crippen molar-refractivity contribution in [1.29, 1.82) is 0 Å². The molecule has 1 aliphatic heterocycles. The predicted octanol–water partition coefficient (Wildman–Crippen LogP) is 1.21. The van der Waals surface area contributed by atoms with E-state index in [1.165, 1.54) is 23.9 Å². The molecular weight excluding hydrogens is 287 g/mol. The van der Waals surface area contributed by atoms with Gasteiger partial charge < -0.3 is 5.11 Å². The first-order valence-electron chi connectivity index (χ1n) is 5.63. The Morgan fingerprint density at radius 2 is 2.15 bits per heavy atom. The van der Waals surface area contributed by atoms with Gasteiger partial charge in [0.15, 0.2) is 15.5 Å². The van der Waals surface area contributed by atoms with Crippen LogP contribution in [-0.4, -0.2) is 29.3 Å². The van der Waals surface area contributed by atoms with Crippen LogP contribution in [0, 0.1) is 5.82 Å². The third kappa shape index (κ3) is 1.58. The van der Waals surface area contributed by atoms with Gasteiger partial charge in [0.1, 0.15) is 10.7 Å². The third-order valence-corrected chi connectivity index (χ3v) is 4.92. The Hall–Kier alpha value is -2.22. The van der Waals surface area contributed by atoms with Gasteiger partial charge in [-0.1, -0.05) is 12.1 Å². The summed E-state index contributed by atoms with van der Waals surface area (Å²) >= 11 is 0. The molecule has 2 heterocycles. The Morgan fingerprint density at radius 1 is 1.45 bits per heavy atom. The van der Waals surface area contributed by atoms with E-state index in [4.69, 9.17) is 5.11 Å². The Balaban J connectivity index is 2.46. The number of carboxylic acids is 1. The third-order valence-electron chi connectivity index (χ3n) is 3.22. The number of rotatable bonds is 1. The van der Waals surface area contributed by atoms with E-state index in [1.807, 2.05) is 0 Å². The number of sulfone groups is 1. The first kappa shape index (κ1) is 12.8. The minimum atomic E-state index is -3.92. The minimum Gasteiger partial charge on any atom is -0.476 e. The molecule has 1 N–H and O–H groups in total. The molecule has 20 heavy (non-hydrogen) atoms. The number of aryl methyl sites for hydroxylation is 1. The smallest absolute Gasteiger partial charge is 0.356 e. The maximum absolute atomic E-state index is 13.8. The average Bonchev–Trinajstić information content (AvgIpc) is 2.65. The lowest BCUT2D eigenvalue weighted by molar-refractivity contribution is 0.0689. The normalized spacial score (nSPS) is 15.5. The number of carbonyl (C=O) groups is 1. The lowest BCUT2D eigenvalue weighted by Gasteiger charge is -2.18. The Bertz CT molecular complexity index is 855. The zero-order valence-corrected chi connectivity index (χ0v) is 11.1. The molecule has 6 nitrogen and oxygen atoms in total. The Morgan fingerprint density at radius 3 is 2.80 bits per heavy atom. The highest BCUT2D eigenvalue weighted by Crippen LogP contribution is 2.40. The summed E-state index contributed by atoms with van der Waals surface area (Å²) in [5.41, 5.74) is 0.250. The molecule has 0 radical (unpaired) electrons. The molecule has 0 fully saturated rings. The molecule has 0 aliphatic carbocycles. The quantitative estimate of drug-likeness (QED) is 0.854. The van der Waals surface area contributed by atoms with Crippen LogP contribution in [-0.2, 0) is 22.6 Å². The van der Waals surface area contributed by atoms with Crippen LogP contribution in [0.25, 0.3) is 11.3 Å². The van der Waals surface area contributed by atoms with Gasteiger partial charge in [-0.2, -0.15) is 5.10 Å². The van der Waals surface area contributed by atoms with E-state index in [1.54, 1.807) is 0 Å². The molecule has 8 heteroatoms. The van der Waals surface area contributed by atoms with Crippen molar-refractivity contribution in [2.45, 2.75) is 10.6 Å². The second-order valence-electron chi connectivity index (χ2n) is 4.48. The largest absolute Gasteiger partial charge is 0.476 e. The van der Waals surface area contributed by atoms with E-state index in [9.17, 15) is 17.6 Å². The number of aromatic carboxylic acids is 1. The van der Waals surface area contributed by atoms with Crippen molar-refractivity contribution in [1.82, 2.24) is 9.78 Å². The Labute approximate surface area is 113 Å². The monoisotopic (exact) mass is 296 g/mol. The van der Waals surface area contributed by atoms with Gasteiger partial charge >= 0.3 is 5.97 Å². The molecule has 3 rings (SSSR count). The fraction of sp³-hybridized carbons (Fsp3) is 0.167. The van der Waals surface area contributed by atoms with Crippen molar-refractivity contribution in [3.8, 4) is 11.3 Å². The first-order chi connectivity index (χ1) is 9.33. The molecule has 0 amide bonds. The SMILES string of the molecule is Cn1nc(C(=O)O)c2c1-c1cccc(F)c1S(=O)(=O)C2. The second kappa shape index (κ2) is 3.89. The first-order valence-corrected chi connectivity index (χ1v) is 7.29. The summed E-state index contributed by atoms with van der Waals surface area (Å²) in [6, 6.07) is 3.89. The summed E-state index contributed by atoms with van der Waals surface area (Å²) in [6.07, 6.45) is 0. The van der Waals surface area contributed by atoms with Gasteiger partial charge in [-0.3, -0.25) is 4.68 Å². The molecule has 0 atom stereocenters. The highest BCUT2D eigenvalue weighted by molar-refractivity contribution is 7.91. The molecule has 0 saturated heterocycles. The maximum Gasteiger partial charge on any atom is 0.356 e. The van der Waals surface area contributed by atoms with Gasteiger partial charge in [-0.25, -0.2) is 17.6 Å². The summed E-state index contributed by atoms with van der Waals surface area (Å²) < 4.78 is 39.4. The molecular formula is C12H9FN2O4S. The lowest BCUT2D eigenvalue weighted by Crippen LogP contribution is -2.16. The molecule has 1 aromatic heterocycles. The average molecular weight is 296 g/mol. The Kier molecular flexibility index (Phi) is 2.49. The fourth-order valence-electron chi connectivity index (χ4n) is 2.49. The molecule has 0 spiro atoms. The number of hydrogen-bond donors (Lipinski definition) is 1. The summed E-state index contributed by atoms with van der Waals surface area (Å²) in [6.45, 7) is 0. The van der Waals surface area contributed by atoms with Crippen LogP contribution in [0.5, 0.6) is 0 Å². The van der Waals surface area contributed by atoms with Gasteiger partial charge in [0.05, 0.1) is 11.4 Å². The number of nitrogens with zero attached hydrogens (tertiary/aromatic N) is 2. The highest BCUT2D eigenvalue weighted by atomic mass is 32.2. The van der Waals surface area contributed by atoms with Crippen molar-refractivity contribution in [2.75, 3.05) is 0 Å². The van der Waals surface area contributed by atoms with E-state index in [0.717, 1.165) is 6.07 Å². The van der Waals surface area contributed by atoms with Gasteiger partial charge in [0.25, 0.3) is 0 Å². The molecule has 1 aliphatic rings. The van der Waals surface area contributed by atoms with E-state index in [2.05, 4.69) is 5.10 Å². The van der Waals surface area contributed by atoms with Crippen LogP contribution < -0.4 is 0 Å². The van der Waals surface area contributed by atoms with Crippen LogP contribution >= 0.6 is 0 Å². The van der Waals surface area contributed by atoms with Gasteiger partial charge in [0.2, 0.25) is 0 Å². The van der Waals surface area contributed by atoms with Crippen molar-refractivity contribution in [3.63, 3.8) is 0 Å². The lowest BCUT2D eigenvalue weighted by atomic mass is 10.1. The van der Waals surface area contributed by atoms with E-state index in [-0.39, 0.29) is 16.8 Å². The molecule has 0 bridgehead atoms. The number of halogens is 1. The molecule has 0 unspecified atom stereocenters. The van der Waals surface area contributed by atoms with Gasteiger partial charge in [0, 0.05) is 18.2 Å². The second-order valence-corrected chi connectivity index (χ2v) is 6.41. The molecule has 1 aromatic carbocycles. The summed E-state index contributed by atoms with van der Waals surface area (Å²) in [5, 5.41) is 12.9. The van der Waals surface area contributed by atoms with Crippen molar-refractivity contribution in [2.24, 2.45) is 7.05 Å². The number of carboxylic acid groups (broad SMARTS) is 1. The summed E-state index contributed by atoms with van der Waals surface area (Å²) in [4.78, 5) is 10.7. The van der Waals surface area contributed by atoms with Crippen LogP contribution in [0.2, 0.25) is 0 Å². The number of aromatic nitrogens is 2. The fourth-order valence-corrected chi connectivity index (χ4v) is 4.15. The molecule has 0 saturated carbocycles. The van der Waals surface area contributed by atoms with Crippen molar-refractivity contribution < 1.29 is 22.7 Å². The molecule has 2 aromatic rings.